The number of anilines is 1. The van der Waals surface area contributed by atoms with E-state index in [0.29, 0.717) is 26.0 Å². The highest BCUT2D eigenvalue weighted by Crippen LogP contribution is 2.33. The van der Waals surface area contributed by atoms with Crippen molar-refractivity contribution < 1.29 is 13.6 Å². The van der Waals surface area contributed by atoms with E-state index in [-0.39, 0.29) is 24.0 Å². The van der Waals surface area contributed by atoms with Crippen LogP contribution in [0.15, 0.2) is 46.2 Å². The number of nitrogens with zero attached hydrogens (tertiary/aromatic N) is 5. The van der Waals surface area contributed by atoms with Gasteiger partial charge in [-0.05, 0) is 26.0 Å². The zero-order valence-electron chi connectivity index (χ0n) is 17.1. The van der Waals surface area contributed by atoms with E-state index < -0.39 is 23.7 Å². The van der Waals surface area contributed by atoms with E-state index >= 15 is 0 Å². The Labute approximate surface area is 183 Å². The molecule has 0 aliphatic carbocycles. The standard InChI is InChI=1S/C20H18F2N6O3S/c1-3-26-17(30)12-6-4-5-7-13(12)28(20(26)31)10-14(29)25-19-24-11(2)15(32-19)16-23-8-9-27(16)18(21)22/h4-9,18H,3,10H2,1-2H3,(H,24,25,29). The van der Waals surface area contributed by atoms with Gasteiger partial charge in [-0.15, -0.1) is 0 Å². The van der Waals surface area contributed by atoms with Gasteiger partial charge in [-0.25, -0.2) is 14.8 Å². The smallest absolute Gasteiger partial charge is 0.300 e. The largest absolute Gasteiger partial charge is 0.331 e. The van der Waals surface area contributed by atoms with Gasteiger partial charge in [-0.3, -0.25) is 23.3 Å². The molecule has 0 atom stereocenters. The number of alkyl halides is 2. The molecule has 0 bridgehead atoms. The number of fused-ring (bicyclic) bond motifs is 1. The lowest BCUT2D eigenvalue weighted by Gasteiger charge is -2.12. The zero-order valence-corrected chi connectivity index (χ0v) is 17.9. The molecule has 0 spiro atoms. The van der Waals surface area contributed by atoms with Crippen LogP contribution in [0.1, 0.15) is 19.2 Å². The highest BCUT2D eigenvalue weighted by Gasteiger charge is 2.20. The molecule has 0 saturated heterocycles. The summed E-state index contributed by atoms with van der Waals surface area (Å²) < 4.78 is 29.3. The van der Waals surface area contributed by atoms with Crippen molar-refractivity contribution >= 4 is 33.3 Å². The van der Waals surface area contributed by atoms with Crippen molar-refractivity contribution in [2.24, 2.45) is 0 Å². The first-order chi connectivity index (χ1) is 15.3. The summed E-state index contributed by atoms with van der Waals surface area (Å²) in [5, 5.41) is 3.12. The van der Waals surface area contributed by atoms with Crippen LogP contribution >= 0.6 is 11.3 Å². The molecule has 1 amide bonds. The van der Waals surface area contributed by atoms with Gasteiger partial charge in [-0.2, -0.15) is 8.78 Å². The molecule has 0 aliphatic rings. The third kappa shape index (κ3) is 3.73. The van der Waals surface area contributed by atoms with Crippen molar-refractivity contribution in [2.75, 3.05) is 5.32 Å². The maximum Gasteiger partial charge on any atom is 0.331 e. The van der Waals surface area contributed by atoms with E-state index in [4.69, 9.17) is 0 Å². The number of nitrogens with one attached hydrogen (secondary N) is 1. The highest BCUT2D eigenvalue weighted by atomic mass is 32.1. The summed E-state index contributed by atoms with van der Waals surface area (Å²) in [7, 11) is 0. The Morgan fingerprint density at radius 2 is 1.97 bits per heavy atom. The van der Waals surface area contributed by atoms with Crippen molar-refractivity contribution in [3.8, 4) is 10.7 Å². The molecule has 4 rings (SSSR count). The molecular formula is C20H18F2N6O3S. The van der Waals surface area contributed by atoms with E-state index in [0.717, 1.165) is 22.1 Å². The Morgan fingerprint density at radius 3 is 2.69 bits per heavy atom. The van der Waals surface area contributed by atoms with Gasteiger partial charge < -0.3 is 5.32 Å². The Morgan fingerprint density at radius 1 is 1.22 bits per heavy atom. The summed E-state index contributed by atoms with van der Waals surface area (Å²) in [4.78, 5) is 46.6. The first kappa shape index (κ1) is 21.6. The van der Waals surface area contributed by atoms with Crippen LogP contribution in [0, 0.1) is 6.92 Å². The van der Waals surface area contributed by atoms with Gasteiger partial charge in [0, 0.05) is 18.9 Å². The van der Waals surface area contributed by atoms with Crippen LogP contribution in [0.4, 0.5) is 13.9 Å². The fourth-order valence-electron chi connectivity index (χ4n) is 3.41. The lowest BCUT2D eigenvalue weighted by atomic mass is 10.2. The van der Waals surface area contributed by atoms with Crippen LogP contribution in [0.5, 0.6) is 0 Å². The maximum atomic E-state index is 13.2. The van der Waals surface area contributed by atoms with Gasteiger partial charge >= 0.3 is 12.2 Å². The number of benzene rings is 1. The van der Waals surface area contributed by atoms with E-state index in [9.17, 15) is 23.2 Å². The average molecular weight is 460 g/mol. The first-order valence-electron chi connectivity index (χ1n) is 9.62. The van der Waals surface area contributed by atoms with Gasteiger partial charge in [0.15, 0.2) is 11.0 Å². The topological polar surface area (TPSA) is 104 Å². The summed E-state index contributed by atoms with van der Waals surface area (Å²) in [6.07, 6.45) is 2.43. The molecule has 9 nitrogen and oxygen atoms in total. The van der Waals surface area contributed by atoms with Crippen LogP contribution in [-0.2, 0) is 17.9 Å². The number of thiazole rings is 1. The van der Waals surface area contributed by atoms with Crippen molar-refractivity contribution in [3.63, 3.8) is 0 Å². The van der Waals surface area contributed by atoms with Crippen LogP contribution in [0.3, 0.4) is 0 Å². The predicted molar refractivity (Wildman–Crippen MR) is 116 cm³/mol. The Hall–Kier alpha value is -3.67. The number of carbonyl (C=O) groups excluding carboxylic acids is 1. The molecule has 0 saturated carbocycles. The number of para-hydroxylation sites is 1. The minimum absolute atomic E-state index is 0.0488. The van der Waals surface area contributed by atoms with Gasteiger partial charge in [-0.1, -0.05) is 23.5 Å². The van der Waals surface area contributed by atoms with Gasteiger partial charge in [0.2, 0.25) is 5.91 Å². The van der Waals surface area contributed by atoms with Crippen LogP contribution in [0.25, 0.3) is 21.6 Å². The quantitative estimate of drug-likeness (QED) is 0.477. The number of aromatic nitrogens is 5. The predicted octanol–water partition coefficient (Wildman–Crippen LogP) is 2.85. The van der Waals surface area contributed by atoms with Gasteiger partial charge in [0.1, 0.15) is 6.54 Å². The van der Waals surface area contributed by atoms with Crippen molar-refractivity contribution in [2.45, 2.75) is 33.5 Å². The summed E-state index contributed by atoms with van der Waals surface area (Å²) in [5.41, 5.74) is -0.237. The van der Waals surface area contributed by atoms with Crippen LogP contribution in [0.2, 0.25) is 0 Å². The molecule has 3 heterocycles. The molecular weight excluding hydrogens is 442 g/mol. The molecule has 0 unspecified atom stereocenters. The monoisotopic (exact) mass is 460 g/mol. The number of amides is 1. The van der Waals surface area contributed by atoms with E-state index in [1.165, 1.54) is 10.8 Å². The van der Waals surface area contributed by atoms with Gasteiger partial charge in [0.05, 0.1) is 21.5 Å². The number of imidazole rings is 1. The zero-order chi connectivity index (χ0) is 23.0. The molecule has 1 N–H and O–H groups in total. The molecule has 3 aromatic heterocycles. The fourth-order valence-corrected chi connectivity index (χ4v) is 4.39. The number of hydrogen-bond acceptors (Lipinski definition) is 6. The minimum Gasteiger partial charge on any atom is -0.300 e. The summed E-state index contributed by atoms with van der Waals surface area (Å²) in [6.45, 7) is 0.350. The number of hydrogen-bond donors (Lipinski definition) is 1. The molecule has 12 heteroatoms. The SMILES string of the molecule is CCn1c(=O)c2ccccc2n(CC(=O)Nc2nc(C)c(-c3nccn3C(F)F)s2)c1=O. The highest BCUT2D eigenvalue weighted by molar-refractivity contribution is 7.19. The molecule has 166 valence electrons. The summed E-state index contributed by atoms with van der Waals surface area (Å²) >= 11 is 1.00. The second-order valence-corrected chi connectivity index (χ2v) is 7.85. The van der Waals surface area contributed by atoms with Crippen LogP contribution < -0.4 is 16.6 Å². The molecule has 0 radical (unpaired) electrons. The van der Waals surface area contributed by atoms with E-state index in [1.807, 2.05) is 0 Å². The Kier molecular flexibility index (Phi) is 5.70. The molecule has 32 heavy (non-hydrogen) atoms. The molecule has 4 aromatic rings. The number of carbonyl (C=O) groups is 1. The van der Waals surface area contributed by atoms with E-state index in [2.05, 4.69) is 15.3 Å². The van der Waals surface area contributed by atoms with Gasteiger partial charge in [0.25, 0.3) is 5.56 Å². The maximum absolute atomic E-state index is 13.2. The lowest BCUT2D eigenvalue weighted by molar-refractivity contribution is -0.116. The van der Waals surface area contributed by atoms with E-state index in [1.54, 1.807) is 38.1 Å². The van der Waals surface area contributed by atoms with Crippen molar-refractivity contribution in [1.29, 1.82) is 0 Å². The van der Waals surface area contributed by atoms with Crippen molar-refractivity contribution in [3.05, 3.63) is 63.2 Å². The number of rotatable bonds is 6. The Balaban J connectivity index is 1.65. The lowest BCUT2D eigenvalue weighted by Crippen LogP contribution is -2.41. The normalized spacial score (nSPS) is 11.4. The minimum atomic E-state index is -2.76. The Bertz CT molecular complexity index is 1440. The number of aryl methyl sites for hydroxylation is 1. The molecule has 1 aromatic carbocycles. The third-order valence-electron chi connectivity index (χ3n) is 4.88. The second kappa shape index (κ2) is 8.46. The summed E-state index contributed by atoms with van der Waals surface area (Å²) in [5.74, 6) is -0.496. The number of halogens is 2. The third-order valence-corrected chi connectivity index (χ3v) is 5.94. The fraction of sp³-hybridized carbons (Fsp3) is 0.250. The van der Waals surface area contributed by atoms with Crippen LogP contribution in [-0.4, -0.2) is 29.6 Å². The molecule has 0 aliphatic heterocycles. The molecule has 0 fully saturated rings. The average Bonchev–Trinajstić information content (AvgIpc) is 3.38. The first-order valence-corrected chi connectivity index (χ1v) is 10.4. The van der Waals surface area contributed by atoms with Crippen molar-refractivity contribution in [1.82, 2.24) is 23.7 Å². The summed E-state index contributed by atoms with van der Waals surface area (Å²) in [6, 6.07) is 6.55. The second-order valence-electron chi connectivity index (χ2n) is 6.85.